The zero-order chi connectivity index (χ0) is 26.1. The number of aromatic nitrogens is 2. The Hall–Kier alpha value is -1.11. The minimum absolute atomic E-state index is 0.125. The van der Waals surface area contributed by atoms with Gasteiger partial charge in [-0.25, -0.2) is 18.5 Å². The van der Waals surface area contributed by atoms with Crippen LogP contribution in [-0.4, -0.2) is 82.0 Å². The van der Waals surface area contributed by atoms with Gasteiger partial charge in [0.05, 0.1) is 12.7 Å². The van der Waals surface area contributed by atoms with Gasteiger partial charge in [0.25, 0.3) is 5.56 Å². The molecule has 0 saturated carbocycles. The third kappa shape index (κ3) is 7.96. The van der Waals surface area contributed by atoms with E-state index in [9.17, 15) is 43.5 Å². The van der Waals surface area contributed by atoms with E-state index in [0.717, 1.165) is 6.20 Å². The molecule has 2 rings (SSSR count). The number of rotatable bonds is 11. The number of hydrogen-bond acceptors (Lipinski definition) is 13. The zero-order valence-corrected chi connectivity index (χ0v) is 19.4. The van der Waals surface area contributed by atoms with Gasteiger partial charge in [-0.1, -0.05) is 0 Å². The molecule has 0 aromatic carbocycles. The van der Waals surface area contributed by atoms with Gasteiger partial charge in [0, 0.05) is 24.7 Å². The molecule has 1 aliphatic rings. The molecular formula is C12H22N3O16P3. The fourth-order valence-corrected chi connectivity index (χ4v) is 5.80. The van der Waals surface area contributed by atoms with Crippen molar-refractivity contribution in [3.63, 3.8) is 0 Å². The lowest BCUT2D eigenvalue weighted by Crippen LogP contribution is -2.39. The molecule has 1 aromatic rings. The van der Waals surface area contributed by atoms with Crippen LogP contribution >= 0.6 is 23.5 Å². The number of nitrogens with two attached hydrogens (primary N) is 1. The number of phosphoric acid groups is 3. The van der Waals surface area contributed by atoms with Crippen LogP contribution < -0.4 is 17.0 Å². The first-order valence-electron chi connectivity index (χ1n) is 8.97. The van der Waals surface area contributed by atoms with Crippen LogP contribution in [0.1, 0.15) is 11.8 Å². The number of aliphatic hydroxyl groups is 3. The Labute approximate surface area is 188 Å². The van der Waals surface area contributed by atoms with Crippen LogP contribution in [0.25, 0.3) is 0 Å². The Morgan fingerprint density at radius 1 is 1.09 bits per heavy atom. The molecule has 0 amide bonds. The molecule has 0 radical (unpaired) electrons. The van der Waals surface area contributed by atoms with Gasteiger partial charge in [-0.2, -0.15) is 8.62 Å². The van der Waals surface area contributed by atoms with Gasteiger partial charge in [-0.05, 0) is 0 Å². The maximum atomic E-state index is 12.2. The number of H-pyrrole nitrogens is 1. The monoisotopic (exact) mass is 557 g/mol. The molecule has 10 N–H and O–H groups in total. The molecule has 19 nitrogen and oxygen atoms in total. The molecule has 22 heteroatoms. The molecule has 7 atom stereocenters. The third-order valence-electron chi connectivity index (χ3n) is 4.20. The Kier molecular flexibility index (Phi) is 9.32. The number of phosphoric ester groups is 1. The molecule has 196 valence electrons. The molecule has 34 heavy (non-hydrogen) atoms. The van der Waals surface area contributed by atoms with Crippen LogP contribution in [-0.2, 0) is 38.0 Å². The second-order valence-electron chi connectivity index (χ2n) is 6.85. The van der Waals surface area contributed by atoms with Gasteiger partial charge >= 0.3 is 29.2 Å². The first-order valence-corrected chi connectivity index (χ1v) is 13.5. The smallest absolute Gasteiger partial charge is 0.391 e. The van der Waals surface area contributed by atoms with Crippen molar-refractivity contribution in [2.75, 3.05) is 13.2 Å². The molecule has 5 unspecified atom stereocenters. The van der Waals surface area contributed by atoms with E-state index in [-0.39, 0.29) is 18.5 Å². The Morgan fingerprint density at radius 3 is 2.26 bits per heavy atom. The van der Waals surface area contributed by atoms with E-state index in [0.29, 0.717) is 4.57 Å². The summed E-state index contributed by atoms with van der Waals surface area (Å²) in [5.74, 6) is 0. The van der Waals surface area contributed by atoms with Crippen LogP contribution in [0.2, 0.25) is 0 Å². The third-order valence-corrected chi connectivity index (χ3v) is 8.00. The molecule has 1 saturated heterocycles. The van der Waals surface area contributed by atoms with Crippen molar-refractivity contribution in [1.29, 1.82) is 0 Å². The minimum atomic E-state index is -5.78. The van der Waals surface area contributed by atoms with E-state index in [2.05, 4.69) is 13.1 Å². The number of aliphatic hydroxyl groups excluding tert-OH is 3. The van der Waals surface area contributed by atoms with E-state index in [1.54, 1.807) is 0 Å². The van der Waals surface area contributed by atoms with E-state index < -0.39 is 72.0 Å². The summed E-state index contributed by atoms with van der Waals surface area (Å²) in [6, 6.07) is 0. The lowest BCUT2D eigenvalue weighted by atomic mass is 10.1. The second-order valence-corrected chi connectivity index (χ2v) is 11.3. The number of ether oxygens (including phenoxy) is 1. The van der Waals surface area contributed by atoms with Crippen molar-refractivity contribution in [1.82, 2.24) is 9.55 Å². The largest absolute Gasteiger partial charge is 0.490 e. The van der Waals surface area contributed by atoms with Crippen LogP contribution in [0.5, 0.6) is 0 Å². The first-order chi connectivity index (χ1) is 15.4. The highest BCUT2D eigenvalue weighted by Gasteiger charge is 2.46. The molecule has 0 spiro atoms. The number of hydrogen-bond donors (Lipinski definition) is 9. The van der Waals surface area contributed by atoms with Crippen LogP contribution in [0.3, 0.4) is 0 Å². The van der Waals surface area contributed by atoms with Gasteiger partial charge in [-0.3, -0.25) is 18.9 Å². The molecule has 1 aliphatic heterocycles. The van der Waals surface area contributed by atoms with Crippen molar-refractivity contribution in [2.24, 2.45) is 5.73 Å². The maximum Gasteiger partial charge on any atom is 0.490 e. The topological polar surface area (TPSA) is 311 Å². The highest BCUT2D eigenvalue weighted by atomic mass is 31.3. The van der Waals surface area contributed by atoms with Gasteiger partial charge < -0.3 is 45.4 Å². The van der Waals surface area contributed by atoms with Crippen molar-refractivity contribution in [2.45, 2.75) is 37.1 Å². The quantitative estimate of drug-likeness (QED) is 0.118. The van der Waals surface area contributed by atoms with Crippen molar-refractivity contribution >= 4 is 23.5 Å². The Balaban J connectivity index is 2.15. The predicted molar refractivity (Wildman–Crippen MR) is 106 cm³/mol. The second kappa shape index (κ2) is 10.9. The maximum absolute atomic E-state index is 12.2. The average molecular weight is 557 g/mol. The summed E-state index contributed by atoms with van der Waals surface area (Å²) < 4.78 is 51.1. The molecule has 1 fully saturated rings. The van der Waals surface area contributed by atoms with E-state index >= 15 is 0 Å². The van der Waals surface area contributed by atoms with E-state index in [1.807, 2.05) is 4.98 Å². The molecule has 0 bridgehead atoms. The first kappa shape index (κ1) is 29.1. The van der Waals surface area contributed by atoms with Crippen molar-refractivity contribution in [3.8, 4) is 0 Å². The van der Waals surface area contributed by atoms with E-state index in [4.69, 9.17) is 25.2 Å². The fourth-order valence-electron chi connectivity index (χ4n) is 2.77. The van der Waals surface area contributed by atoms with E-state index in [1.165, 1.54) is 0 Å². The molecule has 1 aromatic heterocycles. The lowest BCUT2D eigenvalue weighted by Gasteiger charge is -2.19. The number of nitrogens with one attached hydrogen (secondary N) is 1. The van der Waals surface area contributed by atoms with Crippen LogP contribution in [0.4, 0.5) is 0 Å². The summed E-state index contributed by atoms with van der Waals surface area (Å²) in [5.41, 5.74) is 3.22. The van der Waals surface area contributed by atoms with Gasteiger partial charge in [0.15, 0.2) is 6.23 Å². The highest BCUT2D eigenvalue weighted by Crippen LogP contribution is 2.66. The standard InChI is InChI=1S/C12H22N3O16P3/c13-2-6(16)1-5-3-15(12(20)14-10(5)19)11-9(18)8(17)7(29-11)4-28-33(24,25)31-34(26,27)30-32(21,22)23/h3,6-9,11,16-18H,1-2,4,13H2,(H,24,25)(H,26,27)(H,14,19,20)(H2,21,22,23)/t6?,7-,8?,9?,11-/m1/s1. The zero-order valence-electron chi connectivity index (χ0n) is 16.8. The minimum Gasteiger partial charge on any atom is -0.391 e. The fraction of sp³-hybridized carbons (Fsp3) is 0.667. The predicted octanol–water partition coefficient (Wildman–Crippen LogP) is -3.64. The van der Waals surface area contributed by atoms with Crippen molar-refractivity contribution < 1.29 is 66.5 Å². The van der Waals surface area contributed by atoms with Crippen LogP contribution in [0, 0.1) is 0 Å². The summed E-state index contributed by atoms with van der Waals surface area (Å²) >= 11 is 0. The Morgan fingerprint density at radius 2 is 1.71 bits per heavy atom. The van der Waals surface area contributed by atoms with Crippen molar-refractivity contribution in [3.05, 3.63) is 32.6 Å². The lowest BCUT2D eigenvalue weighted by molar-refractivity contribution is -0.0543. The Bertz CT molecular complexity index is 1130. The van der Waals surface area contributed by atoms with Gasteiger partial charge in [-0.15, -0.1) is 0 Å². The average Bonchev–Trinajstić information content (AvgIpc) is 2.94. The summed E-state index contributed by atoms with van der Waals surface area (Å²) in [6.07, 6.45) is -7.51. The summed E-state index contributed by atoms with van der Waals surface area (Å²) in [7, 11) is -16.9. The normalized spacial score (nSPS) is 27.8. The van der Waals surface area contributed by atoms with Crippen LogP contribution in [0.15, 0.2) is 15.8 Å². The van der Waals surface area contributed by atoms with Gasteiger partial charge in [0.2, 0.25) is 0 Å². The number of nitrogens with zero attached hydrogens (tertiary/aromatic N) is 1. The molecule has 0 aliphatic carbocycles. The summed E-state index contributed by atoms with van der Waals surface area (Å²) in [6.45, 7) is -1.31. The summed E-state index contributed by atoms with van der Waals surface area (Å²) in [4.78, 5) is 61.6. The molecular weight excluding hydrogens is 535 g/mol. The van der Waals surface area contributed by atoms with Gasteiger partial charge in [0.1, 0.15) is 18.3 Å². The highest BCUT2D eigenvalue weighted by molar-refractivity contribution is 7.66. The molecule has 2 heterocycles. The summed E-state index contributed by atoms with van der Waals surface area (Å²) in [5, 5.41) is 30.0. The number of aromatic amines is 1. The SMILES string of the molecule is NCC(O)Cc1cn([C@@H]2O[C@H](COP(=O)(O)OP(=O)(O)OP(=O)(O)O)C(O)C2O)c(=O)[nH]c1=O.